The second-order valence-electron chi connectivity index (χ2n) is 6.08. The Balaban J connectivity index is 2.22. The third kappa shape index (κ3) is 3.79. The maximum absolute atomic E-state index is 12.6. The lowest BCUT2D eigenvalue weighted by atomic mass is 9.86. The van der Waals surface area contributed by atoms with Crippen molar-refractivity contribution in [3.63, 3.8) is 0 Å². The van der Waals surface area contributed by atoms with Crippen LogP contribution < -0.4 is 0 Å². The normalized spacial score (nSPS) is 20.1. The first-order valence-electron chi connectivity index (χ1n) is 7.61. The van der Waals surface area contributed by atoms with E-state index in [0.717, 1.165) is 5.56 Å². The smallest absolute Gasteiger partial charge is 0.372 e. The molecule has 2 amide bonds. The first kappa shape index (κ1) is 17.7. The van der Waals surface area contributed by atoms with Gasteiger partial charge in [-0.3, -0.25) is 14.4 Å². The predicted octanol–water partition coefficient (Wildman–Crippen LogP) is 0.0456. The first-order valence-corrected chi connectivity index (χ1v) is 7.61. The van der Waals surface area contributed by atoms with Crippen molar-refractivity contribution in [2.75, 3.05) is 27.2 Å². The molecule has 1 saturated heterocycles. The molecule has 1 heterocycles. The monoisotopic (exact) mass is 332 g/mol. The Hall–Kier alpha value is -2.70. The molecule has 1 aliphatic rings. The van der Waals surface area contributed by atoms with Gasteiger partial charge in [0.2, 0.25) is 17.6 Å². The van der Waals surface area contributed by atoms with Gasteiger partial charge in [-0.2, -0.15) is 0 Å². The van der Waals surface area contributed by atoms with Gasteiger partial charge in [0.05, 0.1) is 18.4 Å². The van der Waals surface area contributed by atoms with E-state index in [1.54, 1.807) is 14.1 Å². The van der Waals surface area contributed by atoms with Crippen LogP contribution in [0.3, 0.4) is 0 Å². The van der Waals surface area contributed by atoms with Crippen molar-refractivity contribution >= 4 is 23.6 Å². The number of carbonyl (C=O) groups excluding carboxylic acids is 3. The summed E-state index contributed by atoms with van der Waals surface area (Å²) < 4.78 is 0. The fraction of sp³-hybridized carbons (Fsp3) is 0.412. The van der Waals surface area contributed by atoms with E-state index in [4.69, 9.17) is 5.11 Å². The molecule has 0 aromatic heterocycles. The number of ketones is 1. The van der Waals surface area contributed by atoms with Gasteiger partial charge < -0.3 is 14.9 Å². The Morgan fingerprint density at radius 2 is 1.83 bits per heavy atom. The summed E-state index contributed by atoms with van der Waals surface area (Å²) in [6.07, 6.45) is 0.274. The number of likely N-dealkylation sites (tertiary alicyclic amines) is 1. The Bertz CT molecular complexity index is 656. The number of carboxylic acids is 1. The van der Waals surface area contributed by atoms with E-state index in [-0.39, 0.29) is 31.3 Å². The molecule has 1 fully saturated rings. The van der Waals surface area contributed by atoms with Crippen LogP contribution in [-0.4, -0.2) is 65.7 Å². The number of Topliss-reactive ketones (excluding diaryl/α,β-unsaturated/α-hetero) is 1. The topological polar surface area (TPSA) is 95.0 Å². The quantitative estimate of drug-likeness (QED) is 0.743. The number of amides is 2. The highest BCUT2D eigenvalue weighted by atomic mass is 16.4. The van der Waals surface area contributed by atoms with Crippen LogP contribution in [-0.2, 0) is 25.6 Å². The predicted molar refractivity (Wildman–Crippen MR) is 85.0 cm³/mol. The molecule has 1 aliphatic heterocycles. The van der Waals surface area contributed by atoms with Crippen LogP contribution in [0.2, 0.25) is 0 Å². The molecule has 1 N–H and O–H groups in total. The highest BCUT2D eigenvalue weighted by molar-refractivity contribution is 6.34. The van der Waals surface area contributed by atoms with Gasteiger partial charge in [-0.05, 0) is 12.0 Å². The van der Waals surface area contributed by atoms with Crippen LogP contribution in [0.1, 0.15) is 5.56 Å². The van der Waals surface area contributed by atoms with Gasteiger partial charge in [-0.1, -0.05) is 30.3 Å². The SMILES string of the molecule is CN(C)C(=O)CN1C[C@H](C(=O)C(=O)O)[C@@H](Cc2ccccc2)C1=O. The summed E-state index contributed by atoms with van der Waals surface area (Å²) in [5.41, 5.74) is 0.847. The van der Waals surface area contributed by atoms with E-state index in [1.807, 2.05) is 30.3 Å². The zero-order valence-electron chi connectivity index (χ0n) is 13.6. The van der Waals surface area contributed by atoms with Crippen LogP contribution in [0.5, 0.6) is 0 Å². The van der Waals surface area contributed by atoms with Crippen LogP contribution in [0.15, 0.2) is 30.3 Å². The summed E-state index contributed by atoms with van der Waals surface area (Å²) in [6.45, 7) is -0.193. The maximum atomic E-state index is 12.6. The number of carbonyl (C=O) groups is 4. The average Bonchev–Trinajstić information content (AvgIpc) is 2.84. The van der Waals surface area contributed by atoms with Gasteiger partial charge in [-0.15, -0.1) is 0 Å². The minimum Gasteiger partial charge on any atom is -0.475 e. The summed E-state index contributed by atoms with van der Waals surface area (Å²) >= 11 is 0. The van der Waals surface area contributed by atoms with E-state index < -0.39 is 23.6 Å². The number of carboxylic acid groups (broad SMARTS) is 1. The average molecular weight is 332 g/mol. The number of benzene rings is 1. The molecule has 0 saturated carbocycles. The molecule has 7 heteroatoms. The van der Waals surface area contributed by atoms with Gasteiger partial charge in [0, 0.05) is 20.6 Å². The molecule has 24 heavy (non-hydrogen) atoms. The molecular formula is C17H20N2O5. The molecule has 2 rings (SSSR count). The minimum absolute atomic E-state index is 0.0406. The number of likely N-dealkylation sites (N-methyl/N-ethyl adjacent to an activating group) is 1. The summed E-state index contributed by atoms with van der Waals surface area (Å²) in [7, 11) is 3.15. The number of hydrogen-bond donors (Lipinski definition) is 1. The van der Waals surface area contributed by atoms with Crippen molar-refractivity contribution in [2.45, 2.75) is 6.42 Å². The van der Waals surface area contributed by atoms with Crippen LogP contribution in [0.4, 0.5) is 0 Å². The first-order chi connectivity index (χ1) is 11.3. The second-order valence-corrected chi connectivity index (χ2v) is 6.08. The fourth-order valence-electron chi connectivity index (χ4n) is 2.83. The van der Waals surface area contributed by atoms with Crippen LogP contribution >= 0.6 is 0 Å². The highest BCUT2D eigenvalue weighted by Crippen LogP contribution is 2.29. The lowest BCUT2D eigenvalue weighted by Crippen LogP contribution is -2.38. The second kappa shape index (κ2) is 7.25. The molecule has 0 spiro atoms. The van der Waals surface area contributed by atoms with E-state index in [9.17, 15) is 19.2 Å². The zero-order valence-corrected chi connectivity index (χ0v) is 13.6. The Labute approximate surface area is 139 Å². The fourth-order valence-corrected chi connectivity index (χ4v) is 2.83. The largest absolute Gasteiger partial charge is 0.475 e. The molecule has 128 valence electrons. The van der Waals surface area contributed by atoms with Crippen molar-refractivity contribution < 1.29 is 24.3 Å². The van der Waals surface area contributed by atoms with Gasteiger partial charge in [0.25, 0.3) is 0 Å². The number of rotatable bonds is 6. The van der Waals surface area contributed by atoms with E-state index in [1.165, 1.54) is 9.80 Å². The van der Waals surface area contributed by atoms with Crippen molar-refractivity contribution in [1.82, 2.24) is 9.80 Å². The van der Waals surface area contributed by atoms with Gasteiger partial charge in [-0.25, -0.2) is 4.79 Å². The summed E-state index contributed by atoms with van der Waals surface area (Å²) in [5.74, 6) is -4.86. The molecule has 0 unspecified atom stereocenters. The van der Waals surface area contributed by atoms with E-state index in [0.29, 0.717) is 0 Å². The third-order valence-electron chi connectivity index (χ3n) is 4.20. The van der Waals surface area contributed by atoms with E-state index >= 15 is 0 Å². The van der Waals surface area contributed by atoms with Crippen molar-refractivity contribution in [2.24, 2.45) is 11.8 Å². The van der Waals surface area contributed by atoms with E-state index in [2.05, 4.69) is 0 Å². The summed E-state index contributed by atoms with van der Waals surface area (Å²) in [5, 5.41) is 9.01. The third-order valence-corrected chi connectivity index (χ3v) is 4.20. The van der Waals surface area contributed by atoms with Crippen molar-refractivity contribution in [1.29, 1.82) is 0 Å². The Morgan fingerprint density at radius 1 is 1.21 bits per heavy atom. The Morgan fingerprint density at radius 3 is 2.38 bits per heavy atom. The molecule has 0 aliphatic carbocycles. The lowest BCUT2D eigenvalue weighted by Gasteiger charge is -2.18. The number of hydrogen-bond acceptors (Lipinski definition) is 4. The molecule has 1 aromatic rings. The molecule has 7 nitrogen and oxygen atoms in total. The summed E-state index contributed by atoms with van der Waals surface area (Å²) in [6, 6.07) is 9.11. The maximum Gasteiger partial charge on any atom is 0.372 e. The molecule has 0 radical (unpaired) electrons. The van der Waals surface area contributed by atoms with Crippen LogP contribution in [0.25, 0.3) is 0 Å². The minimum atomic E-state index is -1.55. The highest BCUT2D eigenvalue weighted by Gasteiger charge is 2.46. The van der Waals surface area contributed by atoms with Gasteiger partial charge >= 0.3 is 5.97 Å². The standard InChI is InChI=1S/C17H20N2O5/c1-18(2)14(20)10-19-9-13(15(21)17(23)24)12(16(19)22)8-11-6-4-3-5-7-11/h3-7,12-13H,8-10H2,1-2H3,(H,23,24)/t12-,13+/m1/s1. The van der Waals surface area contributed by atoms with Gasteiger partial charge in [0.1, 0.15) is 0 Å². The number of nitrogens with zero attached hydrogens (tertiary/aromatic N) is 2. The molecule has 2 atom stereocenters. The molecule has 1 aromatic carbocycles. The molecule has 0 bridgehead atoms. The lowest BCUT2D eigenvalue weighted by molar-refractivity contribution is -0.151. The zero-order chi connectivity index (χ0) is 17.9. The summed E-state index contributed by atoms with van der Waals surface area (Å²) in [4.78, 5) is 50.2. The van der Waals surface area contributed by atoms with Crippen molar-refractivity contribution in [3.8, 4) is 0 Å². The van der Waals surface area contributed by atoms with Crippen molar-refractivity contribution in [3.05, 3.63) is 35.9 Å². The van der Waals surface area contributed by atoms with Gasteiger partial charge in [0.15, 0.2) is 0 Å². The number of aliphatic carboxylic acids is 1. The molecular weight excluding hydrogens is 312 g/mol. The van der Waals surface area contributed by atoms with Crippen LogP contribution in [0, 0.1) is 11.8 Å². The Kier molecular flexibility index (Phi) is 5.33.